The molecule has 2 aromatic heterocycles. The minimum Gasteiger partial charge on any atom is -0.454 e. The van der Waals surface area contributed by atoms with Crippen LogP contribution in [0.1, 0.15) is 11.1 Å². The Morgan fingerprint density at radius 3 is 1.85 bits per heavy atom. The molecular weight excluding hydrogens is 572 g/mol. The van der Waals surface area contributed by atoms with Crippen LogP contribution in [0.15, 0.2) is 162 Å². The summed E-state index contributed by atoms with van der Waals surface area (Å²) < 4.78 is 8.92. The standard InChI is InChI=1S/C44H32N2O/c1-29-19-25-40-37(27-29)38-28-30(2)20-26-41(38)46(40)39-16-8-6-13-34(39)31-21-23-33(24-22-31)45(32-11-4-3-5-12-32)42-17-10-15-36-35-14-7-9-18-43(35)47-44(36)42/h3-28H,1-2H3. The van der Waals surface area contributed by atoms with Crippen molar-refractivity contribution in [3.63, 3.8) is 0 Å². The van der Waals surface area contributed by atoms with E-state index >= 15 is 0 Å². The zero-order valence-electron chi connectivity index (χ0n) is 26.3. The summed E-state index contributed by atoms with van der Waals surface area (Å²) in [7, 11) is 0. The van der Waals surface area contributed by atoms with Gasteiger partial charge in [0.25, 0.3) is 0 Å². The average Bonchev–Trinajstić information content (AvgIpc) is 3.65. The number of rotatable bonds is 5. The Kier molecular flexibility index (Phi) is 6.26. The normalized spacial score (nSPS) is 11.6. The largest absolute Gasteiger partial charge is 0.454 e. The van der Waals surface area contributed by atoms with Crippen molar-refractivity contribution < 1.29 is 4.42 Å². The maximum atomic E-state index is 6.50. The third-order valence-corrected chi connectivity index (χ3v) is 9.30. The minimum absolute atomic E-state index is 0.879. The lowest BCUT2D eigenvalue weighted by Gasteiger charge is -2.25. The summed E-state index contributed by atoms with van der Waals surface area (Å²) in [6.07, 6.45) is 0. The first kappa shape index (κ1) is 27.3. The number of nitrogens with zero attached hydrogens (tertiary/aromatic N) is 2. The summed E-state index contributed by atoms with van der Waals surface area (Å²) >= 11 is 0. The van der Waals surface area contributed by atoms with Gasteiger partial charge in [-0.05, 0) is 86.1 Å². The lowest BCUT2D eigenvalue weighted by Crippen LogP contribution is -2.10. The van der Waals surface area contributed by atoms with Crippen molar-refractivity contribution in [2.75, 3.05) is 4.90 Å². The Hall–Kier alpha value is -6.06. The molecule has 2 heterocycles. The number of fused-ring (bicyclic) bond motifs is 6. The number of hydrogen-bond donors (Lipinski definition) is 0. The highest BCUT2D eigenvalue weighted by Gasteiger charge is 2.20. The van der Waals surface area contributed by atoms with E-state index in [1.807, 2.05) is 12.1 Å². The van der Waals surface area contributed by atoms with Gasteiger partial charge in [-0.1, -0.05) is 102 Å². The van der Waals surface area contributed by atoms with E-state index in [1.165, 1.54) is 44.2 Å². The molecule has 3 heteroatoms. The SMILES string of the molecule is Cc1ccc2c(c1)c1cc(C)ccc1n2-c1ccccc1-c1ccc(N(c2ccccc2)c2cccc3c2oc2ccccc23)cc1. The van der Waals surface area contributed by atoms with Crippen molar-refractivity contribution >= 4 is 60.8 Å². The van der Waals surface area contributed by atoms with Crippen molar-refractivity contribution in [1.29, 1.82) is 0 Å². The molecule has 0 aliphatic heterocycles. The van der Waals surface area contributed by atoms with Crippen LogP contribution in [-0.4, -0.2) is 4.57 Å². The third kappa shape index (κ3) is 4.43. The summed E-state index contributed by atoms with van der Waals surface area (Å²) in [4.78, 5) is 2.29. The van der Waals surface area contributed by atoms with Crippen molar-refractivity contribution in [3.05, 3.63) is 169 Å². The van der Waals surface area contributed by atoms with Crippen LogP contribution in [0.2, 0.25) is 0 Å². The molecule has 0 saturated carbocycles. The van der Waals surface area contributed by atoms with Gasteiger partial charge in [0, 0.05) is 38.5 Å². The van der Waals surface area contributed by atoms with E-state index in [-0.39, 0.29) is 0 Å². The Bertz CT molecular complexity index is 2530. The molecule has 0 radical (unpaired) electrons. The molecule has 9 rings (SSSR count). The molecule has 47 heavy (non-hydrogen) atoms. The molecule has 0 unspecified atom stereocenters. The zero-order valence-corrected chi connectivity index (χ0v) is 26.3. The maximum absolute atomic E-state index is 6.50. The minimum atomic E-state index is 0.879. The number of anilines is 3. The third-order valence-electron chi connectivity index (χ3n) is 9.30. The number of furan rings is 1. The van der Waals surface area contributed by atoms with Gasteiger partial charge in [0.15, 0.2) is 5.58 Å². The van der Waals surface area contributed by atoms with Crippen LogP contribution >= 0.6 is 0 Å². The summed E-state index contributed by atoms with van der Waals surface area (Å²) in [5, 5.41) is 4.81. The molecule has 0 amide bonds. The van der Waals surface area contributed by atoms with Crippen LogP contribution in [0, 0.1) is 13.8 Å². The predicted molar refractivity (Wildman–Crippen MR) is 198 cm³/mol. The van der Waals surface area contributed by atoms with E-state index in [9.17, 15) is 0 Å². The highest BCUT2D eigenvalue weighted by atomic mass is 16.3. The van der Waals surface area contributed by atoms with E-state index < -0.39 is 0 Å². The molecule has 7 aromatic carbocycles. The topological polar surface area (TPSA) is 21.3 Å². The zero-order chi connectivity index (χ0) is 31.5. The monoisotopic (exact) mass is 604 g/mol. The first-order chi connectivity index (χ1) is 23.1. The number of para-hydroxylation sites is 4. The number of aromatic nitrogens is 1. The van der Waals surface area contributed by atoms with Gasteiger partial charge in [0.1, 0.15) is 5.58 Å². The maximum Gasteiger partial charge on any atom is 0.159 e. The Morgan fingerprint density at radius 2 is 1.11 bits per heavy atom. The fourth-order valence-corrected chi connectivity index (χ4v) is 7.13. The van der Waals surface area contributed by atoms with Gasteiger partial charge >= 0.3 is 0 Å². The van der Waals surface area contributed by atoms with Crippen molar-refractivity contribution in [2.45, 2.75) is 13.8 Å². The number of aryl methyl sites for hydroxylation is 2. The van der Waals surface area contributed by atoms with Crippen LogP contribution in [0.5, 0.6) is 0 Å². The van der Waals surface area contributed by atoms with Crippen LogP contribution in [0.3, 0.4) is 0 Å². The smallest absolute Gasteiger partial charge is 0.159 e. The van der Waals surface area contributed by atoms with Gasteiger partial charge in [-0.3, -0.25) is 0 Å². The van der Waals surface area contributed by atoms with Gasteiger partial charge in [-0.25, -0.2) is 0 Å². The molecule has 0 spiro atoms. The van der Waals surface area contributed by atoms with Crippen molar-refractivity contribution in [1.82, 2.24) is 4.57 Å². The summed E-state index contributed by atoms with van der Waals surface area (Å²) in [5.74, 6) is 0. The second kappa shape index (κ2) is 10.8. The number of benzene rings is 7. The first-order valence-corrected chi connectivity index (χ1v) is 16.1. The van der Waals surface area contributed by atoms with Crippen LogP contribution in [0.4, 0.5) is 17.1 Å². The van der Waals surface area contributed by atoms with E-state index in [4.69, 9.17) is 4.42 Å². The average molecular weight is 605 g/mol. The predicted octanol–water partition coefficient (Wildman–Crippen LogP) is 12.4. The second-order valence-electron chi connectivity index (χ2n) is 12.4. The molecule has 0 saturated heterocycles. The van der Waals surface area contributed by atoms with E-state index in [0.717, 1.165) is 44.6 Å². The second-order valence-corrected chi connectivity index (χ2v) is 12.4. The molecule has 0 bridgehead atoms. The Morgan fingerprint density at radius 1 is 0.489 bits per heavy atom. The van der Waals surface area contributed by atoms with E-state index in [2.05, 4.69) is 169 Å². The molecule has 9 aromatic rings. The summed E-state index contributed by atoms with van der Waals surface area (Å²) in [6.45, 7) is 4.34. The Balaban J connectivity index is 1.20. The van der Waals surface area contributed by atoms with Gasteiger partial charge in [-0.15, -0.1) is 0 Å². The molecule has 0 N–H and O–H groups in total. The molecule has 0 aliphatic carbocycles. The molecule has 0 aliphatic rings. The first-order valence-electron chi connectivity index (χ1n) is 16.1. The van der Waals surface area contributed by atoms with Gasteiger partial charge in [-0.2, -0.15) is 0 Å². The Labute approximate surface area is 273 Å². The van der Waals surface area contributed by atoms with Gasteiger partial charge in [0.05, 0.1) is 22.4 Å². The fraction of sp³-hybridized carbons (Fsp3) is 0.0455. The lowest BCUT2D eigenvalue weighted by molar-refractivity contribution is 0.669. The molecule has 0 atom stereocenters. The molecule has 224 valence electrons. The van der Waals surface area contributed by atoms with Crippen LogP contribution < -0.4 is 4.90 Å². The number of hydrogen-bond acceptors (Lipinski definition) is 2. The lowest BCUT2D eigenvalue weighted by atomic mass is 10.0. The van der Waals surface area contributed by atoms with E-state index in [0.29, 0.717) is 0 Å². The van der Waals surface area contributed by atoms with E-state index in [1.54, 1.807) is 0 Å². The van der Waals surface area contributed by atoms with Gasteiger partial charge < -0.3 is 13.9 Å². The quantitative estimate of drug-likeness (QED) is 0.195. The highest BCUT2D eigenvalue weighted by molar-refractivity contribution is 6.11. The highest BCUT2D eigenvalue weighted by Crippen LogP contribution is 2.43. The van der Waals surface area contributed by atoms with Gasteiger partial charge in [0.2, 0.25) is 0 Å². The molecule has 3 nitrogen and oxygen atoms in total. The fourth-order valence-electron chi connectivity index (χ4n) is 7.13. The molecule has 0 fully saturated rings. The van der Waals surface area contributed by atoms with Crippen LogP contribution in [-0.2, 0) is 0 Å². The van der Waals surface area contributed by atoms with Crippen molar-refractivity contribution in [2.24, 2.45) is 0 Å². The summed E-state index contributed by atoms with van der Waals surface area (Å²) in [5.41, 5.74) is 13.4. The molecular formula is C44H32N2O. The summed E-state index contributed by atoms with van der Waals surface area (Å²) in [6, 6.07) is 56.4. The van der Waals surface area contributed by atoms with Crippen molar-refractivity contribution in [3.8, 4) is 16.8 Å². The van der Waals surface area contributed by atoms with Crippen LogP contribution in [0.25, 0.3) is 60.6 Å².